The fraction of sp³-hybridized carbons (Fsp3) is 0.571. The third kappa shape index (κ3) is 2.06. The Kier molecular flexibility index (Phi) is 2.45. The summed E-state index contributed by atoms with van der Waals surface area (Å²) in [5, 5.41) is 3.01. The predicted octanol–water partition coefficient (Wildman–Crippen LogP) is 1.94. The second-order valence-electron chi connectivity index (χ2n) is 5.68. The zero-order valence-corrected chi connectivity index (χ0v) is 11.5. The molecule has 1 aromatic rings. The lowest BCUT2D eigenvalue weighted by Gasteiger charge is -2.15. The Morgan fingerprint density at radius 2 is 2.05 bits per heavy atom. The van der Waals surface area contributed by atoms with E-state index in [2.05, 4.69) is 5.32 Å². The molecule has 3 aliphatic rings. The predicted molar refractivity (Wildman–Crippen MR) is 73.6 cm³/mol. The topological polar surface area (TPSA) is 49.4 Å². The fourth-order valence-corrected chi connectivity index (χ4v) is 3.59. The molecule has 0 aromatic carbocycles. The van der Waals surface area contributed by atoms with E-state index in [0.29, 0.717) is 6.04 Å². The van der Waals surface area contributed by atoms with Crippen molar-refractivity contribution in [3.8, 4) is 0 Å². The minimum atomic E-state index is 0.0284. The van der Waals surface area contributed by atoms with Crippen molar-refractivity contribution >= 4 is 28.8 Å². The van der Waals surface area contributed by atoms with Crippen LogP contribution in [0.5, 0.6) is 0 Å². The van der Waals surface area contributed by atoms with Gasteiger partial charge in [0, 0.05) is 29.8 Å². The Hall–Kier alpha value is -1.36. The van der Waals surface area contributed by atoms with Crippen molar-refractivity contribution in [2.24, 2.45) is 5.92 Å². The van der Waals surface area contributed by atoms with E-state index in [1.165, 1.54) is 4.88 Å². The smallest absolute Gasteiger partial charge is 0.261 e. The molecule has 0 radical (unpaired) electrons. The van der Waals surface area contributed by atoms with Crippen LogP contribution in [0.25, 0.3) is 0 Å². The first-order chi connectivity index (χ1) is 9.22. The third-order valence-corrected chi connectivity index (χ3v) is 5.15. The van der Waals surface area contributed by atoms with Crippen LogP contribution in [-0.2, 0) is 11.2 Å². The number of nitrogens with zero attached hydrogens (tertiary/aromatic N) is 1. The number of amides is 2. The summed E-state index contributed by atoms with van der Waals surface area (Å²) in [6.45, 7) is 0.793. The molecule has 0 saturated heterocycles. The summed E-state index contributed by atoms with van der Waals surface area (Å²) >= 11 is 1.55. The maximum absolute atomic E-state index is 12.2. The molecule has 1 aliphatic heterocycles. The van der Waals surface area contributed by atoms with E-state index in [9.17, 15) is 9.59 Å². The number of nitrogens with one attached hydrogen (secondary N) is 1. The van der Waals surface area contributed by atoms with Crippen LogP contribution in [-0.4, -0.2) is 24.4 Å². The van der Waals surface area contributed by atoms with Crippen molar-refractivity contribution in [3.05, 3.63) is 15.8 Å². The summed E-state index contributed by atoms with van der Waals surface area (Å²) in [6.07, 6.45) is 5.16. The fourth-order valence-electron chi connectivity index (χ4n) is 2.54. The molecule has 4 rings (SSSR count). The van der Waals surface area contributed by atoms with Gasteiger partial charge in [0.25, 0.3) is 5.91 Å². The average molecular weight is 276 g/mol. The van der Waals surface area contributed by atoms with Gasteiger partial charge in [-0.05, 0) is 31.7 Å². The summed E-state index contributed by atoms with van der Waals surface area (Å²) < 4.78 is 0. The minimum absolute atomic E-state index is 0.0284. The summed E-state index contributed by atoms with van der Waals surface area (Å²) in [4.78, 5) is 28.0. The van der Waals surface area contributed by atoms with E-state index < -0.39 is 0 Å². The van der Waals surface area contributed by atoms with Crippen molar-refractivity contribution in [3.63, 3.8) is 0 Å². The largest absolute Gasteiger partial charge is 0.349 e. The molecule has 2 aliphatic carbocycles. The first kappa shape index (κ1) is 11.5. The van der Waals surface area contributed by atoms with Gasteiger partial charge in [0.2, 0.25) is 5.91 Å². The van der Waals surface area contributed by atoms with Crippen LogP contribution >= 0.6 is 11.3 Å². The van der Waals surface area contributed by atoms with E-state index >= 15 is 0 Å². The number of carbonyl (C=O) groups is 2. The Morgan fingerprint density at radius 3 is 2.74 bits per heavy atom. The number of thiophene rings is 1. The van der Waals surface area contributed by atoms with Gasteiger partial charge in [-0.1, -0.05) is 0 Å². The minimum Gasteiger partial charge on any atom is -0.349 e. The molecule has 1 aromatic heterocycles. The number of fused-ring (bicyclic) bond motifs is 1. The molecule has 2 fully saturated rings. The molecule has 0 atom stereocenters. The van der Waals surface area contributed by atoms with Crippen LogP contribution in [0.3, 0.4) is 0 Å². The highest BCUT2D eigenvalue weighted by molar-refractivity contribution is 7.14. The lowest BCUT2D eigenvalue weighted by Crippen LogP contribution is -2.30. The Bertz CT molecular complexity index is 558. The normalized spacial score (nSPS) is 21.4. The van der Waals surface area contributed by atoms with Gasteiger partial charge in [0.05, 0.1) is 10.6 Å². The number of anilines is 1. The van der Waals surface area contributed by atoms with Crippen LogP contribution in [0.2, 0.25) is 0 Å². The maximum atomic E-state index is 12.2. The van der Waals surface area contributed by atoms with Crippen molar-refractivity contribution in [1.82, 2.24) is 5.32 Å². The third-order valence-electron chi connectivity index (χ3n) is 3.97. The highest BCUT2D eigenvalue weighted by Gasteiger charge is 2.37. The molecule has 2 amide bonds. The molecule has 2 saturated carbocycles. The van der Waals surface area contributed by atoms with Crippen LogP contribution in [0.15, 0.2) is 6.07 Å². The molecule has 2 heterocycles. The molecule has 19 heavy (non-hydrogen) atoms. The highest BCUT2D eigenvalue weighted by Crippen LogP contribution is 2.40. The van der Waals surface area contributed by atoms with Gasteiger partial charge in [-0.2, -0.15) is 0 Å². The van der Waals surface area contributed by atoms with Gasteiger partial charge in [-0.3, -0.25) is 9.59 Å². The quantitative estimate of drug-likeness (QED) is 0.917. The van der Waals surface area contributed by atoms with Gasteiger partial charge >= 0.3 is 0 Å². The average Bonchev–Trinajstić information content (AvgIpc) is 3.28. The van der Waals surface area contributed by atoms with Gasteiger partial charge in [-0.15, -0.1) is 11.3 Å². The molecule has 0 unspecified atom stereocenters. The van der Waals surface area contributed by atoms with Gasteiger partial charge in [0.1, 0.15) is 0 Å². The molecular weight excluding hydrogens is 260 g/mol. The number of carbonyl (C=O) groups excluding carboxylic acids is 2. The summed E-state index contributed by atoms with van der Waals surface area (Å²) in [5.74, 6) is 0.529. The van der Waals surface area contributed by atoms with Crippen molar-refractivity contribution in [2.45, 2.75) is 38.1 Å². The Balaban J connectivity index is 1.55. The van der Waals surface area contributed by atoms with Crippen LogP contribution < -0.4 is 10.2 Å². The number of rotatable bonds is 3. The molecule has 1 N–H and O–H groups in total. The van der Waals surface area contributed by atoms with Crippen molar-refractivity contribution in [1.29, 1.82) is 0 Å². The van der Waals surface area contributed by atoms with Crippen LogP contribution in [0, 0.1) is 5.92 Å². The van der Waals surface area contributed by atoms with Gasteiger partial charge in [0.15, 0.2) is 0 Å². The Labute approximate surface area is 115 Å². The van der Waals surface area contributed by atoms with Crippen molar-refractivity contribution in [2.75, 3.05) is 11.4 Å². The first-order valence-electron chi connectivity index (χ1n) is 6.97. The van der Waals surface area contributed by atoms with E-state index in [4.69, 9.17) is 0 Å². The summed E-state index contributed by atoms with van der Waals surface area (Å²) in [7, 11) is 0. The SMILES string of the molecule is O=C(NC1CC1)c1cc2c(s1)CCN2C(=O)C1CC1. The molecule has 0 bridgehead atoms. The summed E-state index contributed by atoms with van der Waals surface area (Å²) in [6, 6.07) is 2.29. The monoisotopic (exact) mass is 276 g/mol. The molecule has 5 heteroatoms. The molecule has 4 nitrogen and oxygen atoms in total. The van der Waals surface area contributed by atoms with Crippen LogP contribution in [0.4, 0.5) is 5.69 Å². The van der Waals surface area contributed by atoms with Crippen LogP contribution in [0.1, 0.15) is 40.2 Å². The molecule has 100 valence electrons. The standard InChI is InChI=1S/C14H16N2O2S/c17-13(15-9-3-4-9)12-7-10-11(19-12)5-6-16(10)14(18)8-1-2-8/h7-9H,1-6H2,(H,15,17). The van der Waals surface area contributed by atoms with Gasteiger partial charge < -0.3 is 10.2 Å². The number of hydrogen-bond acceptors (Lipinski definition) is 3. The lowest BCUT2D eigenvalue weighted by molar-refractivity contribution is -0.119. The highest BCUT2D eigenvalue weighted by atomic mass is 32.1. The molecular formula is C14H16N2O2S. The van der Waals surface area contributed by atoms with E-state index in [0.717, 1.165) is 49.2 Å². The molecule has 0 spiro atoms. The number of hydrogen-bond donors (Lipinski definition) is 1. The second-order valence-corrected chi connectivity index (χ2v) is 6.82. The van der Waals surface area contributed by atoms with Gasteiger partial charge in [-0.25, -0.2) is 0 Å². The van der Waals surface area contributed by atoms with E-state index in [1.807, 2.05) is 11.0 Å². The van der Waals surface area contributed by atoms with Crippen molar-refractivity contribution < 1.29 is 9.59 Å². The second kappa shape index (κ2) is 4.07. The Morgan fingerprint density at radius 1 is 1.26 bits per heavy atom. The first-order valence-corrected chi connectivity index (χ1v) is 7.79. The maximum Gasteiger partial charge on any atom is 0.261 e. The lowest BCUT2D eigenvalue weighted by atomic mass is 10.3. The summed E-state index contributed by atoms with van der Waals surface area (Å²) in [5.41, 5.74) is 0.989. The zero-order chi connectivity index (χ0) is 13.0. The van der Waals surface area contributed by atoms with E-state index in [-0.39, 0.29) is 17.7 Å². The van der Waals surface area contributed by atoms with E-state index in [1.54, 1.807) is 11.3 Å². The zero-order valence-electron chi connectivity index (χ0n) is 10.6.